The molecule has 0 unspecified atom stereocenters. The molecule has 28 heavy (non-hydrogen) atoms. The number of rotatable bonds is 4. The van der Waals surface area contributed by atoms with Crippen molar-refractivity contribution in [2.45, 2.75) is 37.3 Å². The van der Waals surface area contributed by atoms with E-state index < -0.39 is 0 Å². The van der Waals surface area contributed by atoms with Crippen LogP contribution in [0.25, 0.3) is 0 Å². The van der Waals surface area contributed by atoms with E-state index in [0.29, 0.717) is 13.0 Å². The zero-order valence-electron chi connectivity index (χ0n) is 15.9. The van der Waals surface area contributed by atoms with Gasteiger partial charge in [-0.15, -0.1) is 0 Å². The van der Waals surface area contributed by atoms with Crippen LogP contribution in [0.1, 0.15) is 30.0 Å². The van der Waals surface area contributed by atoms with E-state index in [1.165, 1.54) is 5.56 Å². The number of hydrogen-bond donors (Lipinski definition) is 1. The summed E-state index contributed by atoms with van der Waals surface area (Å²) < 4.78 is 1.05. The zero-order valence-corrected chi connectivity index (χ0v) is 17.5. The number of benzene rings is 1. The molecule has 4 rings (SSSR count). The summed E-state index contributed by atoms with van der Waals surface area (Å²) in [7, 11) is 0. The Kier molecular flexibility index (Phi) is 6.09. The van der Waals surface area contributed by atoms with Gasteiger partial charge in [0.1, 0.15) is 0 Å². The first kappa shape index (κ1) is 19.6. The molecule has 1 aromatic carbocycles. The molecule has 2 aromatic rings. The molecule has 0 spiro atoms. The summed E-state index contributed by atoms with van der Waals surface area (Å²) in [6.07, 6.45) is 4.13. The van der Waals surface area contributed by atoms with Crippen molar-refractivity contribution in [3.63, 3.8) is 0 Å². The van der Waals surface area contributed by atoms with E-state index in [1.807, 2.05) is 23.1 Å². The molecule has 2 aliphatic rings. The number of carbonyl (C=O) groups excluding carboxylic acids is 1. The number of hydrogen-bond acceptors (Lipinski definition) is 4. The molecule has 0 aliphatic carbocycles. The summed E-state index contributed by atoms with van der Waals surface area (Å²) >= 11 is 3.50. The quantitative estimate of drug-likeness (QED) is 0.788. The highest BCUT2D eigenvalue weighted by Gasteiger charge is 2.49. The van der Waals surface area contributed by atoms with Crippen LogP contribution in [0, 0.1) is 0 Å². The molecule has 0 radical (unpaired) electrons. The van der Waals surface area contributed by atoms with Crippen molar-refractivity contribution in [3.05, 3.63) is 64.4 Å². The maximum atomic E-state index is 13.0. The maximum Gasteiger partial charge on any atom is 0.228 e. The molecule has 2 fully saturated rings. The molecule has 1 N–H and O–H groups in total. The number of aliphatic hydroxyl groups is 1. The molecule has 0 saturated carbocycles. The summed E-state index contributed by atoms with van der Waals surface area (Å²) in [6.45, 7) is 2.65. The van der Waals surface area contributed by atoms with E-state index in [1.54, 1.807) is 6.20 Å². The minimum absolute atomic E-state index is 0.136. The molecule has 5 nitrogen and oxygen atoms in total. The Bertz CT molecular complexity index is 799. The van der Waals surface area contributed by atoms with Crippen LogP contribution in [-0.4, -0.2) is 64.1 Å². The average Bonchev–Trinajstić information content (AvgIpc) is 2.69. The summed E-state index contributed by atoms with van der Waals surface area (Å²) in [4.78, 5) is 21.7. The Morgan fingerprint density at radius 1 is 1.14 bits per heavy atom. The van der Waals surface area contributed by atoms with Gasteiger partial charge in [-0.2, -0.15) is 0 Å². The predicted octanol–water partition coefficient (Wildman–Crippen LogP) is 2.84. The molecule has 3 heterocycles. The highest BCUT2D eigenvalue weighted by atomic mass is 79.9. The third-order valence-electron chi connectivity index (χ3n) is 6.04. The van der Waals surface area contributed by atoms with E-state index in [0.717, 1.165) is 36.1 Å². The van der Waals surface area contributed by atoms with Gasteiger partial charge in [0, 0.05) is 47.5 Å². The lowest BCUT2D eigenvalue weighted by atomic mass is 9.74. The normalized spacial score (nSPS) is 25.4. The van der Waals surface area contributed by atoms with Crippen LogP contribution in [0.5, 0.6) is 0 Å². The summed E-state index contributed by atoms with van der Waals surface area (Å²) in [5.41, 5.74) is 2.05. The van der Waals surface area contributed by atoms with Crippen molar-refractivity contribution in [2.75, 3.05) is 26.2 Å². The van der Waals surface area contributed by atoms with Gasteiger partial charge >= 0.3 is 0 Å². The molecule has 148 valence electrons. The second kappa shape index (κ2) is 8.72. The second-order valence-corrected chi connectivity index (χ2v) is 8.59. The molecule has 1 aromatic heterocycles. The van der Waals surface area contributed by atoms with Crippen LogP contribution in [0.4, 0.5) is 0 Å². The Morgan fingerprint density at radius 3 is 2.64 bits per heavy atom. The Balaban J connectivity index is 1.52. The first-order valence-electron chi connectivity index (χ1n) is 9.97. The third kappa shape index (κ3) is 4.00. The third-order valence-corrected chi connectivity index (χ3v) is 6.56. The minimum atomic E-state index is 0.136. The SMILES string of the molecule is O=C(Cc1ccccn1)N1CCCCN2[C@H](CO)[C@@H](c3ccc(Br)cc3)[C@@H]2C1. The van der Waals surface area contributed by atoms with Gasteiger partial charge in [-0.3, -0.25) is 14.7 Å². The van der Waals surface area contributed by atoms with Gasteiger partial charge in [0.2, 0.25) is 5.91 Å². The van der Waals surface area contributed by atoms with Crippen LogP contribution in [0.15, 0.2) is 53.1 Å². The Hall–Kier alpha value is -1.76. The number of nitrogens with zero attached hydrogens (tertiary/aromatic N) is 3. The molecule has 1 amide bonds. The van der Waals surface area contributed by atoms with Gasteiger partial charge in [0.15, 0.2) is 0 Å². The van der Waals surface area contributed by atoms with E-state index in [-0.39, 0.29) is 30.5 Å². The lowest BCUT2D eigenvalue weighted by molar-refractivity contribution is -0.135. The van der Waals surface area contributed by atoms with E-state index in [2.05, 4.69) is 50.1 Å². The Labute approximate surface area is 174 Å². The fraction of sp³-hybridized carbons (Fsp3) is 0.455. The van der Waals surface area contributed by atoms with E-state index in [9.17, 15) is 9.90 Å². The molecule has 2 saturated heterocycles. The number of carbonyl (C=O) groups is 1. The number of fused-ring (bicyclic) bond motifs is 1. The topological polar surface area (TPSA) is 56.7 Å². The molecule has 0 bridgehead atoms. The van der Waals surface area contributed by atoms with Crippen LogP contribution in [0.2, 0.25) is 0 Å². The molecular weight excluding hydrogens is 418 g/mol. The lowest BCUT2D eigenvalue weighted by Crippen LogP contribution is -2.68. The van der Waals surface area contributed by atoms with Gasteiger partial charge in [-0.05, 0) is 49.2 Å². The number of amides is 1. The van der Waals surface area contributed by atoms with Gasteiger partial charge < -0.3 is 10.0 Å². The van der Waals surface area contributed by atoms with Crippen LogP contribution in [0.3, 0.4) is 0 Å². The highest BCUT2D eigenvalue weighted by molar-refractivity contribution is 9.10. The van der Waals surface area contributed by atoms with Gasteiger partial charge in [0.05, 0.1) is 13.0 Å². The first-order chi connectivity index (χ1) is 13.7. The number of aromatic nitrogens is 1. The van der Waals surface area contributed by atoms with Crippen LogP contribution in [-0.2, 0) is 11.2 Å². The van der Waals surface area contributed by atoms with Crippen LogP contribution < -0.4 is 0 Å². The molecule has 3 atom stereocenters. The first-order valence-corrected chi connectivity index (χ1v) is 10.8. The van der Waals surface area contributed by atoms with E-state index in [4.69, 9.17) is 0 Å². The Morgan fingerprint density at radius 2 is 1.93 bits per heavy atom. The minimum Gasteiger partial charge on any atom is -0.395 e. The number of halogens is 1. The van der Waals surface area contributed by atoms with Crippen molar-refractivity contribution >= 4 is 21.8 Å². The van der Waals surface area contributed by atoms with E-state index >= 15 is 0 Å². The molecular formula is C22H26BrN3O2. The van der Waals surface area contributed by atoms with Crippen LogP contribution >= 0.6 is 15.9 Å². The fourth-order valence-corrected chi connectivity index (χ4v) is 4.89. The molecule has 6 heteroatoms. The summed E-state index contributed by atoms with van der Waals surface area (Å²) in [6, 6.07) is 14.5. The maximum absolute atomic E-state index is 13.0. The summed E-state index contributed by atoms with van der Waals surface area (Å²) in [5, 5.41) is 10.0. The summed E-state index contributed by atoms with van der Waals surface area (Å²) in [5.74, 6) is 0.393. The van der Waals surface area contributed by atoms with Crippen molar-refractivity contribution in [1.82, 2.24) is 14.8 Å². The van der Waals surface area contributed by atoms with Crippen molar-refractivity contribution in [3.8, 4) is 0 Å². The van der Waals surface area contributed by atoms with Crippen molar-refractivity contribution < 1.29 is 9.90 Å². The van der Waals surface area contributed by atoms with Gasteiger partial charge in [-0.25, -0.2) is 0 Å². The monoisotopic (exact) mass is 443 g/mol. The molecule has 2 aliphatic heterocycles. The highest BCUT2D eigenvalue weighted by Crippen LogP contribution is 2.42. The van der Waals surface area contributed by atoms with Crippen molar-refractivity contribution in [2.24, 2.45) is 0 Å². The number of aliphatic hydroxyl groups excluding tert-OH is 1. The van der Waals surface area contributed by atoms with Gasteiger partial charge in [0.25, 0.3) is 0 Å². The fourth-order valence-electron chi connectivity index (χ4n) is 4.62. The smallest absolute Gasteiger partial charge is 0.228 e. The number of pyridine rings is 1. The standard InChI is InChI=1S/C22H26BrN3O2/c23-17-8-6-16(7-9-17)22-19-14-25(11-3-4-12-26(19)20(22)15-27)21(28)13-18-5-1-2-10-24-18/h1-2,5-10,19-20,22,27H,3-4,11-15H2/t19-,20+,22-/m0/s1. The lowest BCUT2D eigenvalue weighted by Gasteiger charge is -2.57. The largest absolute Gasteiger partial charge is 0.395 e. The predicted molar refractivity (Wildman–Crippen MR) is 112 cm³/mol. The second-order valence-electron chi connectivity index (χ2n) is 7.68. The average molecular weight is 444 g/mol. The zero-order chi connectivity index (χ0) is 19.5. The van der Waals surface area contributed by atoms with Crippen molar-refractivity contribution in [1.29, 1.82) is 0 Å². The van der Waals surface area contributed by atoms with Gasteiger partial charge in [-0.1, -0.05) is 34.1 Å².